The van der Waals surface area contributed by atoms with Gasteiger partial charge in [-0.3, -0.25) is 4.99 Å². The maximum Gasteiger partial charge on any atom is 0.191 e. The molecule has 0 aromatic rings. The number of hydrogen-bond acceptors (Lipinski definition) is 4. The van der Waals surface area contributed by atoms with E-state index in [0.717, 1.165) is 77.8 Å². The first kappa shape index (κ1) is 23.9. The molecular weight excluding hydrogens is 443 g/mol. The maximum absolute atomic E-state index is 5.80. The Morgan fingerprint density at radius 3 is 2.65 bits per heavy atom. The molecule has 2 N–H and O–H groups in total. The summed E-state index contributed by atoms with van der Waals surface area (Å²) in [4.78, 5) is 7.20. The zero-order valence-electron chi connectivity index (χ0n) is 16.5. The summed E-state index contributed by atoms with van der Waals surface area (Å²) in [5.74, 6) is 1.62. The molecular formula is C19H39IN4O2. The minimum atomic E-state index is 0. The van der Waals surface area contributed by atoms with E-state index >= 15 is 0 Å². The van der Waals surface area contributed by atoms with Crippen LogP contribution < -0.4 is 10.6 Å². The third-order valence-electron chi connectivity index (χ3n) is 4.92. The smallest absolute Gasteiger partial charge is 0.191 e. The largest absolute Gasteiger partial charge is 0.381 e. The van der Waals surface area contributed by atoms with Gasteiger partial charge in [0.1, 0.15) is 0 Å². The third-order valence-corrected chi connectivity index (χ3v) is 4.92. The average molecular weight is 482 g/mol. The zero-order chi connectivity index (χ0) is 17.6. The highest BCUT2D eigenvalue weighted by atomic mass is 127. The van der Waals surface area contributed by atoms with Crippen LogP contribution in [0.2, 0.25) is 0 Å². The van der Waals surface area contributed by atoms with E-state index in [1.165, 1.54) is 32.4 Å². The summed E-state index contributed by atoms with van der Waals surface area (Å²) in [6.45, 7) is 11.9. The second kappa shape index (κ2) is 15.9. The van der Waals surface area contributed by atoms with Crippen molar-refractivity contribution in [1.82, 2.24) is 15.5 Å². The molecule has 2 rings (SSSR count). The molecule has 26 heavy (non-hydrogen) atoms. The predicted molar refractivity (Wildman–Crippen MR) is 119 cm³/mol. The van der Waals surface area contributed by atoms with Gasteiger partial charge in [0.05, 0.1) is 0 Å². The van der Waals surface area contributed by atoms with Gasteiger partial charge in [-0.2, -0.15) is 0 Å². The summed E-state index contributed by atoms with van der Waals surface area (Å²) < 4.78 is 11.2. The van der Waals surface area contributed by atoms with Gasteiger partial charge in [-0.05, 0) is 58.0 Å². The van der Waals surface area contributed by atoms with Crippen LogP contribution in [0.5, 0.6) is 0 Å². The van der Waals surface area contributed by atoms with Crippen molar-refractivity contribution < 1.29 is 9.47 Å². The molecule has 0 amide bonds. The molecule has 2 aliphatic rings. The molecule has 2 fully saturated rings. The Morgan fingerprint density at radius 2 is 1.92 bits per heavy atom. The first-order valence-corrected chi connectivity index (χ1v) is 10.3. The molecule has 0 saturated carbocycles. The number of halogens is 1. The van der Waals surface area contributed by atoms with E-state index in [0.29, 0.717) is 5.92 Å². The Hall–Kier alpha value is -0.120. The Bertz CT molecular complexity index is 359. The van der Waals surface area contributed by atoms with Crippen LogP contribution >= 0.6 is 24.0 Å². The summed E-state index contributed by atoms with van der Waals surface area (Å²) in [7, 11) is 0. The van der Waals surface area contributed by atoms with Crippen LogP contribution in [0.4, 0.5) is 0 Å². The number of rotatable bonds is 10. The summed E-state index contributed by atoms with van der Waals surface area (Å²) >= 11 is 0. The van der Waals surface area contributed by atoms with E-state index in [2.05, 4.69) is 27.4 Å². The summed E-state index contributed by atoms with van der Waals surface area (Å²) in [6.07, 6.45) is 7.36. The minimum absolute atomic E-state index is 0. The molecule has 6 nitrogen and oxygen atoms in total. The minimum Gasteiger partial charge on any atom is -0.381 e. The van der Waals surface area contributed by atoms with Gasteiger partial charge in [0.15, 0.2) is 5.96 Å². The van der Waals surface area contributed by atoms with E-state index < -0.39 is 0 Å². The molecule has 0 aromatic carbocycles. The van der Waals surface area contributed by atoms with E-state index in [9.17, 15) is 0 Å². The lowest BCUT2D eigenvalue weighted by Crippen LogP contribution is -2.42. The van der Waals surface area contributed by atoms with Crippen LogP contribution in [0.1, 0.15) is 45.4 Å². The number of ether oxygens (including phenoxy) is 2. The monoisotopic (exact) mass is 482 g/mol. The summed E-state index contributed by atoms with van der Waals surface area (Å²) in [5.41, 5.74) is 0. The van der Waals surface area contributed by atoms with Crippen molar-refractivity contribution in [3.8, 4) is 0 Å². The number of nitrogens with one attached hydrogen (secondary N) is 2. The zero-order valence-corrected chi connectivity index (χ0v) is 18.8. The summed E-state index contributed by atoms with van der Waals surface area (Å²) in [5, 5.41) is 6.78. The highest BCUT2D eigenvalue weighted by Gasteiger charge is 2.13. The van der Waals surface area contributed by atoms with Crippen molar-refractivity contribution in [2.45, 2.75) is 45.4 Å². The van der Waals surface area contributed by atoms with Gasteiger partial charge in [-0.1, -0.05) is 6.42 Å². The number of aliphatic imine (C=N–C) groups is 1. The van der Waals surface area contributed by atoms with Crippen LogP contribution in [0, 0.1) is 5.92 Å². The van der Waals surface area contributed by atoms with E-state index in [-0.39, 0.29) is 24.0 Å². The van der Waals surface area contributed by atoms with Gasteiger partial charge in [0.2, 0.25) is 0 Å². The molecule has 0 unspecified atom stereocenters. The number of hydrogen-bond donors (Lipinski definition) is 2. The average Bonchev–Trinajstić information content (AvgIpc) is 2.66. The lowest BCUT2D eigenvalue weighted by atomic mass is 10.0. The van der Waals surface area contributed by atoms with E-state index in [1.807, 2.05) is 0 Å². The van der Waals surface area contributed by atoms with E-state index in [1.54, 1.807) is 0 Å². The second-order valence-electron chi connectivity index (χ2n) is 7.07. The Balaban J connectivity index is 0.00000338. The van der Waals surface area contributed by atoms with Crippen LogP contribution in [0.3, 0.4) is 0 Å². The molecule has 0 atom stereocenters. The van der Waals surface area contributed by atoms with Gasteiger partial charge in [-0.25, -0.2) is 0 Å². The number of guanidine groups is 1. The first-order chi connectivity index (χ1) is 12.4. The highest BCUT2D eigenvalue weighted by molar-refractivity contribution is 14.0. The molecule has 7 heteroatoms. The predicted octanol–water partition coefficient (Wildman–Crippen LogP) is 2.48. The number of piperidine rings is 1. The van der Waals surface area contributed by atoms with Gasteiger partial charge < -0.3 is 25.0 Å². The van der Waals surface area contributed by atoms with E-state index in [4.69, 9.17) is 9.47 Å². The standard InChI is InChI=1S/C19H38N4O2.HI/c1-2-20-19(22-10-13-23-11-4-3-5-12-23)21-9-6-14-25-17-18-7-15-24-16-8-18;/h18H,2-17H2,1H3,(H2,20,21,22);1H. The number of nitrogens with zero attached hydrogens (tertiary/aromatic N) is 2. The van der Waals surface area contributed by atoms with Gasteiger partial charge in [0, 0.05) is 52.6 Å². The maximum atomic E-state index is 5.80. The third kappa shape index (κ3) is 10.9. The Morgan fingerprint density at radius 1 is 1.15 bits per heavy atom. The van der Waals surface area contributed by atoms with Crippen LogP contribution in [-0.2, 0) is 9.47 Å². The molecule has 0 bridgehead atoms. The lowest BCUT2D eigenvalue weighted by molar-refractivity contribution is 0.0205. The number of likely N-dealkylation sites (tertiary alicyclic amines) is 1. The summed E-state index contributed by atoms with van der Waals surface area (Å²) in [6, 6.07) is 0. The molecule has 0 aromatic heterocycles. The van der Waals surface area contributed by atoms with Crippen molar-refractivity contribution in [3.05, 3.63) is 0 Å². The van der Waals surface area contributed by atoms with Crippen molar-refractivity contribution in [2.24, 2.45) is 10.9 Å². The Labute approximate surface area is 176 Å². The fourth-order valence-corrected chi connectivity index (χ4v) is 3.38. The van der Waals surface area contributed by atoms with Crippen LogP contribution in [0.25, 0.3) is 0 Å². The van der Waals surface area contributed by atoms with Gasteiger partial charge in [0.25, 0.3) is 0 Å². The molecule has 2 heterocycles. The van der Waals surface area contributed by atoms with Crippen molar-refractivity contribution in [2.75, 3.05) is 65.7 Å². The SMILES string of the molecule is CCNC(=NCCCOCC1CCOCC1)NCCN1CCCCC1.I. The van der Waals surface area contributed by atoms with Gasteiger partial charge >= 0.3 is 0 Å². The van der Waals surface area contributed by atoms with Crippen molar-refractivity contribution in [1.29, 1.82) is 0 Å². The molecule has 0 spiro atoms. The molecule has 2 aliphatic heterocycles. The Kier molecular flexibility index (Phi) is 14.6. The molecule has 154 valence electrons. The molecule has 0 aliphatic carbocycles. The van der Waals surface area contributed by atoms with Crippen molar-refractivity contribution in [3.63, 3.8) is 0 Å². The first-order valence-electron chi connectivity index (χ1n) is 10.3. The van der Waals surface area contributed by atoms with Crippen LogP contribution in [-0.4, -0.2) is 76.6 Å². The molecule has 0 radical (unpaired) electrons. The molecule has 2 saturated heterocycles. The fraction of sp³-hybridized carbons (Fsp3) is 0.947. The van der Waals surface area contributed by atoms with Gasteiger partial charge in [-0.15, -0.1) is 24.0 Å². The lowest BCUT2D eigenvalue weighted by Gasteiger charge is -2.26. The highest BCUT2D eigenvalue weighted by Crippen LogP contribution is 2.14. The normalized spacial score (nSPS) is 19.8. The van der Waals surface area contributed by atoms with Crippen LogP contribution in [0.15, 0.2) is 4.99 Å². The topological polar surface area (TPSA) is 58.1 Å². The second-order valence-corrected chi connectivity index (χ2v) is 7.07. The quantitative estimate of drug-likeness (QED) is 0.217. The van der Waals surface area contributed by atoms with Crippen molar-refractivity contribution >= 4 is 29.9 Å². The fourth-order valence-electron chi connectivity index (χ4n) is 3.38.